The molecule has 2 nitrogen and oxygen atoms in total. The number of thiophene rings is 1. The Morgan fingerprint density at radius 3 is 3.00 bits per heavy atom. The zero-order valence-corrected chi connectivity index (χ0v) is 11.4. The summed E-state index contributed by atoms with van der Waals surface area (Å²) < 4.78 is 1.20. The summed E-state index contributed by atoms with van der Waals surface area (Å²) in [5.74, 6) is 0.847. The molecule has 1 aromatic carbocycles. The molecule has 3 rings (SSSR count). The molecule has 1 aromatic heterocycles. The third-order valence-electron chi connectivity index (χ3n) is 3.58. The number of carbonyl (C=O) groups is 1. The lowest BCUT2D eigenvalue weighted by Gasteiger charge is -2.30. The van der Waals surface area contributed by atoms with Crippen LogP contribution in [-0.4, -0.2) is 23.9 Å². The van der Waals surface area contributed by atoms with Gasteiger partial charge in [-0.25, -0.2) is 0 Å². The number of likely N-dealkylation sites (tertiary alicyclic amines) is 1. The van der Waals surface area contributed by atoms with Crippen LogP contribution in [-0.2, 0) is 0 Å². The topological polar surface area (TPSA) is 20.3 Å². The lowest BCUT2D eigenvalue weighted by molar-refractivity contribution is 0.0688. The second-order valence-electron chi connectivity index (χ2n) is 5.15. The number of piperidine rings is 1. The fourth-order valence-corrected chi connectivity index (χ4v) is 3.65. The van der Waals surface area contributed by atoms with Crippen LogP contribution in [0.5, 0.6) is 0 Å². The van der Waals surface area contributed by atoms with Crippen molar-refractivity contribution in [1.29, 1.82) is 0 Å². The molecule has 0 N–H and O–H groups in total. The highest BCUT2D eigenvalue weighted by molar-refractivity contribution is 7.20. The number of hydrogen-bond acceptors (Lipinski definition) is 2. The van der Waals surface area contributed by atoms with Crippen LogP contribution in [0.15, 0.2) is 30.3 Å². The first-order valence-electron chi connectivity index (χ1n) is 6.52. The molecule has 94 valence electrons. The molecule has 0 bridgehead atoms. The minimum absolute atomic E-state index is 0.211. The molecule has 1 saturated heterocycles. The van der Waals surface area contributed by atoms with Crippen LogP contribution < -0.4 is 0 Å². The van der Waals surface area contributed by atoms with Gasteiger partial charge in [0.05, 0.1) is 4.88 Å². The highest BCUT2D eigenvalue weighted by Gasteiger charge is 2.23. The minimum atomic E-state index is 0.211. The molecule has 18 heavy (non-hydrogen) atoms. The summed E-state index contributed by atoms with van der Waals surface area (Å²) in [6, 6.07) is 10.2. The maximum Gasteiger partial charge on any atom is 0.263 e. The van der Waals surface area contributed by atoms with E-state index in [1.807, 2.05) is 23.1 Å². The summed E-state index contributed by atoms with van der Waals surface area (Å²) >= 11 is 1.61. The first kappa shape index (κ1) is 11.7. The monoisotopic (exact) mass is 259 g/mol. The summed E-state index contributed by atoms with van der Waals surface area (Å²) in [5, 5.41) is 1.18. The molecule has 1 amide bonds. The number of amides is 1. The van der Waals surface area contributed by atoms with Gasteiger partial charge in [-0.2, -0.15) is 0 Å². The van der Waals surface area contributed by atoms with Crippen LogP contribution in [0.25, 0.3) is 10.1 Å². The van der Waals surface area contributed by atoms with E-state index in [0.29, 0.717) is 5.92 Å². The van der Waals surface area contributed by atoms with Crippen molar-refractivity contribution in [2.75, 3.05) is 13.1 Å². The van der Waals surface area contributed by atoms with E-state index in [4.69, 9.17) is 0 Å². The molecule has 2 aromatic rings. The first-order chi connectivity index (χ1) is 8.74. The normalized spacial score (nSPS) is 20.3. The van der Waals surface area contributed by atoms with Gasteiger partial charge >= 0.3 is 0 Å². The summed E-state index contributed by atoms with van der Waals surface area (Å²) in [7, 11) is 0. The summed E-state index contributed by atoms with van der Waals surface area (Å²) in [5.41, 5.74) is 0. The number of benzene rings is 1. The maximum absolute atomic E-state index is 12.5. The SMILES string of the molecule is CC1CCCN(C(=O)c2cc3ccccc3s2)C1. The van der Waals surface area contributed by atoms with E-state index in [-0.39, 0.29) is 5.91 Å². The molecular weight excluding hydrogens is 242 g/mol. The van der Waals surface area contributed by atoms with E-state index in [1.54, 1.807) is 11.3 Å². The second kappa shape index (κ2) is 4.73. The average Bonchev–Trinajstić information content (AvgIpc) is 2.81. The average molecular weight is 259 g/mol. The zero-order chi connectivity index (χ0) is 12.5. The molecule has 1 atom stereocenters. The van der Waals surface area contributed by atoms with E-state index in [1.165, 1.54) is 16.5 Å². The van der Waals surface area contributed by atoms with Gasteiger partial charge in [0.1, 0.15) is 0 Å². The maximum atomic E-state index is 12.5. The third-order valence-corrected chi connectivity index (χ3v) is 4.68. The standard InChI is InChI=1S/C15H17NOS/c1-11-5-4-8-16(10-11)15(17)14-9-12-6-2-3-7-13(12)18-14/h2-3,6-7,9,11H,4-5,8,10H2,1H3. The zero-order valence-electron chi connectivity index (χ0n) is 10.6. The van der Waals surface area contributed by atoms with Crippen molar-refractivity contribution in [3.05, 3.63) is 35.2 Å². The van der Waals surface area contributed by atoms with Crippen molar-refractivity contribution in [3.8, 4) is 0 Å². The van der Waals surface area contributed by atoms with E-state index in [2.05, 4.69) is 19.1 Å². The second-order valence-corrected chi connectivity index (χ2v) is 6.23. The Bertz CT molecular complexity index is 542. The molecule has 0 radical (unpaired) electrons. The molecular formula is C15H17NOS. The summed E-state index contributed by atoms with van der Waals surface area (Å²) in [6.45, 7) is 4.05. The van der Waals surface area contributed by atoms with Gasteiger partial charge < -0.3 is 4.90 Å². The Labute approximate surface area is 111 Å². The molecule has 1 fully saturated rings. The van der Waals surface area contributed by atoms with E-state index < -0.39 is 0 Å². The van der Waals surface area contributed by atoms with Gasteiger partial charge in [-0.1, -0.05) is 25.1 Å². The Balaban J connectivity index is 1.87. The van der Waals surface area contributed by atoms with Gasteiger partial charge in [-0.15, -0.1) is 11.3 Å². The van der Waals surface area contributed by atoms with Gasteiger partial charge in [-0.05, 0) is 36.3 Å². The predicted octanol–water partition coefficient (Wildman–Crippen LogP) is 3.77. The summed E-state index contributed by atoms with van der Waals surface area (Å²) in [6.07, 6.45) is 2.38. The van der Waals surface area contributed by atoms with Crippen LogP contribution in [0.1, 0.15) is 29.4 Å². The number of carbonyl (C=O) groups excluding carboxylic acids is 1. The number of nitrogens with zero attached hydrogens (tertiary/aromatic N) is 1. The highest BCUT2D eigenvalue weighted by atomic mass is 32.1. The van der Waals surface area contributed by atoms with Crippen molar-refractivity contribution < 1.29 is 4.79 Å². The van der Waals surface area contributed by atoms with Crippen LogP contribution in [0.2, 0.25) is 0 Å². The van der Waals surface area contributed by atoms with Crippen LogP contribution >= 0.6 is 11.3 Å². The Hall–Kier alpha value is -1.35. The lowest BCUT2D eigenvalue weighted by Crippen LogP contribution is -2.38. The van der Waals surface area contributed by atoms with Crippen LogP contribution in [0.4, 0.5) is 0 Å². The van der Waals surface area contributed by atoms with E-state index >= 15 is 0 Å². The van der Waals surface area contributed by atoms with Crippen molar-refractivity contribution in [3.63, 3.8) is 0 Å². The fourth-order valence-electron chi connectivity index (χ4n) is 2.62. The largest absolute Gasteiger partial charge is 0.338 e. The van der Waals surface area contributed by atoms with Crippen LogP contribution in [0.3, 0.4) is 0 Å². The number of rotatable bonds is 1. The molecule has 2 heterocycles. The van der Waals surface area contributed by atoms with Gasteiger partial charge in [-0.3, -0.25) is 4.79 Å². The Kier molecular flexibility index (Phi) is 3.08. The van der Waals surface area contributed by atoms with Crippen molar-refractivity contribution >= 4 is 27.3 Å². The predicted molar refractivity (Wildman–Crippen MR) is 76.1 cm³/mol. The minimum Gasteiger partial charge on any atom is -0.338 e. The molecule has 1 aliphatic rings. The Morgan fingerprint density at radius 2 is 2.22 bits per heavy atom. The van der Waals surface area contributed by atoms with Crippen LogP contribution in [0, 0.1) is 5.92 Å². The quantitative estimate of drug-likeness (QED) is 0.763. The highest BCUT2D eigenvalue weighted by Crippen LogP contribution is 2.27. The van der Waals surface area contributed by atoms with E-state index in [0.717, 1.165) is 24.4 Å². The molecule has 0 aliphatic carbocycles. The third kappa shape index (κ3) is 2.15. The van der Waals surface area contributed by atoms with Gasteiger partial charge in [0, 0.05) is 17.8 Å². The lowest BCUT2D eigenvalue weighted by atomic mass is 10.0. The molecule has 0 spiro atoms. The molecule has 1 aliphatic heterocycles. The van der Waals surface area contributed by atoms with Gasteiger partial charge in [0.15, 0.2) is 0 Å². The van der Waals surface area contributed by atoms with Gasteiger partial charge in [0.25, 0.3) is 5.91 Å². The summed E-state index contributed by atoms with van der Waals surface area (Å²) in [4.78, 5) is 15.3. The smallest absolute Gasteiger partial charge is 0.263 e. The van der Waals surface area contributed by atoms with Crippen molar-refractivity contribution in [2.24, 2.45) is 5.92 Å². The van der Waals surface area contributed by atoms with Crippen molar-refractivity contribution in [2.45, 2.75) is 19.8 Å². The number of hydrogen-bond donors (Lipinski definition) is 0. The molecule has 3 heteroatoms. The molecule has 1 unspecified atom stereocenters. The first-order valence-corrected chi connectivity index (χ1v) is 7.33. The fraction of sp³-hybridized carbons (Fsp3) is 0.400. The number of fused-ring (bicyclic) bond motifs is 1. The van der Waals surface area contributed by atoms with Crippen molar-refractivity contribution in [1.82, 2.24) is 4.90 Å². The van der Waals surface area contributed by atoms with E-state index in [9.17, 15) is 4.79 Å². The molecule has 0 saturated carbocycles. The Morgan fingerprint density at radius 1 is 1.39 bits per heavy atom. The van der Waals surface area contributed by atoms with Gasteiger partial charge in [0.2, 0.25) is 0 Å².